The lowest BCUT2D eigenvalue weighted by Crippen LogP contribution is -1.81. The third kappa shape index (κ3) is 2.21. The molecule has 0 aliphatic carbocycles. The highest BCUT2D eigenvalue weighted by molar-refractivity contribution is 7.15. The number of aromatic nitrogens is 1. The van der Waals surface area contributed by atoms with Gasteiger partial charge in [-0.15, -0.1) is 11.3 Å². The van der Waals surface area contributed by atoms with E-state index in [1.807, 2.05) is 30.5 Å². The van der Waals surface area contributed by atoms with E-state index in [4.69, 9.17) is 11.6 Å². The van der Waals surface area contributed by atoms with Crippen LogP contribution >= 0.6 is 22.9 Å². The Morgan fingerprint density at radius 1 is 1.27 bits per heavy atom. The highest BCUT2D eigenvalue weighted by Crippen LogP contribution is 2.33. The maximum Gasteiger partial charge on any atom is 0.0956 e. The van der Waals surface area contributed by atoms with Gasteiger partial charge >= 0.3 is 0 Å². The third-order valence-corrected chi connectivity index (χ3v) is 3.82. The highest BCUT2D eigenvalue weighted by atomic mass is 35.5. The molecule has 0 aliphatic rings. The smallest absolute Gasteiger partial charge is 0.0956 e. The molecule has 0 fully saturated rings. The van der Waals surface area contributed by atoms with Crippen molar-refractivity contribution >= 4 is 22.9 Å². The van der Waals surface area contributed by atoms with Crippen LogP contribution in [-0.4, -0.2) is 4.98 Å². The Morgan fingerprint density at radius 3 is 2.60 bits per heavy atom. The van der Waals surface area contributed by atoms with Crippen molar-refractivity contribution in [2.45, 2.75) is 19.8 Å². The maximum absolute atomic E-state index is 6.13. The van der Waals surface area contributed by atoms with Gasteiger partial charge in [-0.05, 0) is 6.07 Å². The SMILES string of the molecule is CC(C)c1ncc(-c2ccccc2Cl)s1. The van der Waals surface area contributed by atoms with E-state index in [9.17, 15) is 0 Å². The van der Waals surface area contributed by atoms with E-state index in [0.29, 0.717) is 5.92 Å². The second kappa shape index (κ2) is 4.33. The van der Waals surface area contributed by atoms with Crippen LogP contribution < -0.4 is 0 Å². The summed E-state index contributed by atoms with van der Waals surface area (Å²) in [6, 6.07) is 7.87. The number of thiazole rings is 1. The average molecular weight is 238 g/mol. The molecule has 0 aliphatic heterocycles. The number of nitrogens with zero attached hydrogens (tertiary/aromatic N) is 1. The van der Waals surface area contributed by atoms with Crippen LogP contribution in [-0.2, 0) is 0 Å². The molecule has 0 spiro atoms. The molecule has 0 atom stereocenters. The molecule has 0 bridgehead atoms. The van der Waals surface area contributed by atoms with Gasteiger partial charge in [0.1, 0.15) is 0 Å². The molecule has 0 radical (unpaired) electrons. The van der Waals surface area contributed by atoms with Crippen LogP contribution in [0.4, 0.5) is 0 Å². The molecule has 3 heteroatoms. The molecule has 78 valence electrons. The summed E-state index contributed by atoms with van der Waals surface area (Å²) in [4.78, 5) is 5.54. The summed E-state index contributed by atoms with van der Waals surface area (Å²) in [6.45, 7) is 4.30. The summed E-state index contributed by atoms with van der Waals surface area (Å²) in [5.74, 6) is 0.478. The zero-order chi connectivity index (χ0) is 10.8. The summed E-state index contributed by atoms with van der Waals surface area (Å²) in [5, 5.41) is 1.95. The van der Waals surface area contributed by atoms with Gasteiger partial charge in [0.05, 0.1) is 9.88 Å². The minimum atomic E-state index is 0.478. The van der Waals surface area contributed by atoms with Crippen LogP contribution in [0.3, 0.4) is 0 Å². The average Bonchev–Trinajstić information content (AvgIpc) is 2.67. The van der Waals surface area contributed by atoms with Crippen LogP contribution in [0.5, 0.6) is 0 Å². The fourth-order valence-corrected chi connectivity index (χ4v) is 2.59. The van der Waals surface area contributed by atoms with Crippen molar-refractivity contribution in [2.75, 3.05) is 0 Å². The maximum atomic E-state index is 6.13. The van der Waals surface area contributed by atoms with Crippen LogP contribution in [0.25, 0.3) is 10.4 Å². The fourth-order valence-electron chi connectivity index (χ4n) is 1.34. The predicted molar refractivity (Wildman–Crippen MR) is 66.6 cm³/mol. The van der Waals surface area contributed by atoms with E-state index in [0.717, 1.165) is 20.5 Å². The number of hydrogen-bond acceptors (Lipinski definition) is 2. The van der Waals surface area contributed by atoms with Crippen molar-refractivity contribution in [2.24, 2.45) is 0 Å². The largest absolute Gasteiger partial charge is 0.249 e. The van der Waals surface area contributed by atoms with Crippen LogP contribution in [0.2, 0.25) is 5.02 Å². The number of benzene rings is 1. The van der Waals surface area contributed by atoms with Crippen molar-refractivity contribution in [3.05, 3.63) is 40.5 Å². The molecule has 2 rings (SSSR count). The lowest BCUT2D eigenvalue weighted by Gasteiger charge is -1.99. The standard InChI is InChI=1S/C12H12ClNS/c1-8(2)12-14-7-11(15-12)9-5-3-4-6-10(9)13/h3-8H,1-2H3. The Kier molecular flexibility index (Phi) is 3.08. The lowest BCUT2D eigenvalue weighted by molar-refractivity contribution is 0.852. The van der Waals surface area contributed by atoms with E-state index in [-0.39, 0.29) is 0 Å². The molecule has 1 heterocycles. The summed E-state index contributed by atoms with van der Waals surface area (Å²) < 4.78 is 0. The molecule has 1 aromatic heterocycles. The molecule has 0 saturated heterocycles. The van der Waals surface area contributed by atoms with Gasteiger partial charge in [-0.25, -0.2) is 4.98 Å². The van der Waals surface area contributed by atoms with Crippen LogP contribution in [0.15, 0.2) is 30.5 Å². The minimum absolute atomic E-state index is 0.478. The zero-order valence-electron chi connectivity index (χ0n) is 8.70. The fraction of sp³-hybridized carbons (Fsp3) is 0.250. The molecule has 15 heavy (non-hydrogen) atoms. The van der Waals surface area contributed by atoms with Crippen molar-refractivity contribution in [3.63, 3.8) is 0 Å². The Balaban J connectivity index is 2.42. The second-order valence-electron chi connectivity index (χ2n) is 3.70. The molecule has 0 amide bonds. The molecule has 2 aromatic rings. The van der Waals surface area contributed by atoms with Gasteiger partial charge < -0.3 is 0 Å². The van der Waals surface area contributed by atoms with E-state index in [2.05, 4.69) is 18.8 Å². The van der Waals surface area contributed by atoms with Gasteiger partial charge in [-0.3, -0.25) is 0 Å². The van der Waals surface area contributed by atoms with E-state index < -0.39 is 0 Å². The molecular weight excluding hydrogens is 226 g/mol. The number of rotatable bonds is 2. The minimum Gasteiger partial charge on any atom is -0.249 e. The van der Waals surface area contributed by atoms with Gasteiger partial charge in [0, 0.05) is 22.7 Å². The number of halogens is 1. The molecule has 1 nitrogen and oxygen atoms in total. The first-order chi connectivity index (χ1) is 7.18. The third-order valence-electron chi connectivity index (χ3n) is 2.16. The normalized spacial score (nSPS) is 10.9. The molecule has 0 N–H and O–H groups in total. The Morgan fingerprint density at radius 2 is 2.00 bits per heavy atom. The highest BCUT2D eigenvalue weighted by Gasteiger charge is 2.09. The topological polar surface area (TPSA) is 12.9 Å². The lowest BCUT2D eigenvalue weighted by atomic mass is 10.2. The van der Waals surface area contributed by atoms with E-state index in [1.165, 1.54) is 0 Å². The molecule has 1 aromatic carbocycles. The van der Waals surface area contributed by atoms with Gasteiger partial charge in [0.15, 0.2) is 0 Å². The second-order valence-corrected chi connectivity index (χ2v) is 5.17. The van der Waals surface area contributed by atoms with Crippen LogP contribution in [0, 0.1) is 0 Å². The quantitative estimate of drug-likeness (QED) is 0.745. The molecule has 0 saturated carbocycles. The Labute approximate surface area is 98.7 Å². The van der Waals surface area contributed by atoms with E-state index in [1.54, 1.807) is 11.3 Å². The summed E-state index contributed by atoms with van der Waals surface area (Å²) in [7, 11) is 0. The van der Waals surface area contributed by atoms with Gasteiger partial charge in [0.2, 0.25) is 0 Å². The first-order valence-electron chi connectivity index (χ1n) is 4.89. The van der Waals surface area contributed by atoms with Gasteiger partial charge in [-0.1, -0.05) is 43.6 Å². The van der Waals surface area contributed by atoms with Crippen LogP contribution in [0.1, 0.15) is 24.8 Å². The molecular formula is C12H12ClNS. The zero-order valence-corrected chi connectivity index (χ0v) is 10.3. The Bertz CT molecular complexity index is 462. The van der Waals surface area contributed by atoms with Crippen molar-refractivity contribution in [3.8, 4) is 10.4 Å². The van der Waals surface area contributed by atoms with E-state index >= 15 is 0 Å². The summed E-state index contributed by atoms with van der Waals surface area (Å²) in [6.07, 6.45) is 1.90. The first-order valence-corrected chi connectivity index (χ1v) is 6.08. The van der Waals surface area contributed by atoms with Crippen molar-refractivity contribution in [1.82, 2.24) is 4.98 Å². The number of hydrogen-bond donors (Lipinski definition) is 0. The van der Waals surface area contributed by atoms with Crippen molar-refractivity contribution < 1.29 is 0 Å². The molecule has 0 unspecified atom stereocenters. The Hall–Kier alpha value is -0.860. The first kappa shape index (κ1) is 10.7. The van der Waals surface area contributed by atoms with Gasteiger partial charge in [-0.2, -0.15) is 0 Å². The summed E-state index contributed by atoms with van der Waals surface area (Å²) in [5.41, 5.74) is 1.07. The predicted octanol–water partition coefficient (Wildman–Crippen LogP) is 4.59. The van der Waals surface area contributed by atoms with Gasteiger partial charge in [0.25, 0.3) is 0 Å². The monoisotopic (exact) mass is 237 g/mol. The summed E-state index contributed by atoms with van der Waals surface area (Å²) >= 11 is 7.84. The van der Waals surface area contributed by atoms with Crippen molar-refractivity contribution in [1.29, 1.82) is 0 Å².